The van der Waals surface area contributed by atoms with Crippen LogP contribution >= 0.6 is 11.6 Å². The Morgan fingerprint density at radius 3 is 2.37 bits per heavy atom. The van der Waals surface area contributed by atoms with Crippen molar-refractivity contribution in [2.24, 2.45) is 0 Å². The molecule has 2 aliphatic rings. The Kier molecular flexibility index (Phi) is 5.67. The van der Waals surface area contributed by atoms with Crippen LogP contribution in [0.3, 0.4) is 0 Å². The maximum atomic E-state index is 13.2. The minimum Gasteiger partial charge on any atom is -0.360 e. The zero-order chi connectivity index (χ0) is 21.5. The molecule has 0 unspecified atom stereocenters. The van der Waals surface area contributed by atoms with Gasteiger partial charge in [-0.05, 0) is 63.1 Å². The summed E-state index contributed by atoms with van der Waals surface area (Å²) in [5, 5.41) is 7.52. The monoisotopic (exact) mass is 451 g/mol. The molecule has 2 N–H and O–H groups in total. The molecule has 2 aromatic rings. The first kappa shape index (κ1) is 21.3. The molecule has 9 heteroatoms. The molecule has 0 bridgehead atoms. The zero-order valence-electron chi connectivity index (χ0n) is 17.1. The molecule has 2 fully saturated rings. The van der Waals surface area contributed by atoms with E-state index < -0.39 is 15.6 Å². The third kappa shape index (κ3) is 4.00. The van der Waals surface area contributed by atoms with Crippen LogP contribution in [0.4, 0.5) is 0 Å². The third-order valence-electron chi connectivity index (χ3n) is 6.27. The fraction of sp³-hybridized carbons (Fsp3) is 0.524. The van der Waals surface area contributed by atoms with Gasteiger partial charge in [0.1, 0.15) is 16.1 Å². The first-order valence-electron chi connectivity index (χ1n) is 10.2. The molecule has 0 atom stereocenters. The normalized spacial score (nSPS) is 23.2. The van der Waals surface area contributed by atoms with Gasteiger partial charge in [-0.25, -0.2) is 8.42 Å². The molecule has 0 aliphatic heterocycles. The van der Waals surface area contributed by atoms with Gasteiger partial charge in [-0.15, -0.1) is 0 Å². The van der Waals surface area contributed by atoms with Crippen LogP contribution in [-0.2, 0) is 14.8 Å². The van der Waals surface area contributed by atoms with Crippen molar-refractivity contribution in [2.75, 3.05) is 0 Å². The second kappa shape index (κ2) is 7.98. The number of aromatic nitrogens is 1. The molecule has 7 nitrogen and oxygen atoms in total. The average molecular weight is 452 g/mol. The second-order valence-electron chi connectivity index (χ2n) is 8.44. The molecule has 4 rings (SSSR count). The number of nitrogens with zero attached hydrogens (tertiary/aromatic N) is 1. The van der Waals surface area contributed by atoms with E-state index in [1.54, 1.807) is 13.8 Å². The predicted molar refractivity (Wildman–Crippen MR) is 113 cm³/mol. The molecule has 30 heavy (non-hydrogen) atoms. The lowest BCUT2D eigenvalue weighted by atomic mass is 9.75. The molecule has 0 radical (unpaired) electrons. The van der Waals surface area contributed by atoms with Crippen LogP contribution in [0.1, 0.15) is 61.5 Å². The van der Waals surface area contributed by atoms with Crippen LogP contribution in [0.25, 0.3) is 0 Å². The Hall–Kier alpha value is -1.90. The van der Waals surface area contributed by atoms with Crippen molar-refractivity contribution in [3.63, 3.8) is 0 Å². The molecule has 1 aromatic heterocycles. The quantitative estimate of drug-likeness (QED) is 0.698. The second-order valence-corrected chi connectivity index (χ2v) is 10.5. The van der Waals surface area contributed by atoms with Crippen molar-refractivity contribution in [3.8, 4) is 0 Å². The molecule has 2 saturated carbocycles. The predicted octanol–water partition coefficient (Wildman–Crippen LogP) is 3.60. The van der Waals surface area contributed by atoms with E-state index in [1.807, 2.05) is 24.3 Å². The Labute approximate surface area is 181 Å². The number of benzene rings is 1. The molecule has 1 amide bonds. The highest BCUT2D eigenvalue weighted by atomic mass is 35.5. The maximum Gasteiger partial charge on any atom is 0.246 e. The van der Waals surface area contributed by atoms with Gasteiger partial charge in [0.2, 0.25) is 15.9 Å². The largest absolute Gasteiger partial charge is 0.360 e. The first-order chi connectivity index (χ1) is 14.2. The van der Waals surface area contributed by atoms with Crippen LogP contribution in [0, 0.1) is 13.8 Å². The molecule has 0 saturated heterocycles. The molecule has 162 valence electrons. The highest BCUT2D eigenvalue weighted by Crippen LogP contribution is 2.39. The summed E-state index contributed by atoms with van der Waals surface area (Å²) in [6, 6.07) is 7.82. The van der Waals surface area contributed by atoms with Gasteiger partial charge in [-0.1, -0.05) is 41.7 Å². The summed E-state index contributed by atoms with van der Waals surface area (Å²) in [4.78, 5) is 13.2. The van der Waals surface area contributed by atoms with Gasteiger partial charge in [-0.3, -0.25) is 4.79 Å². The summed E-state index contributed by atoms with van der Waals surface area (Å²) in [5.41, 5.74) is 0.373. The lowest BCUT2D eigenvalue weighted by molar-refractivity contribution is -0.128. The number of aryl methyl sites for hydroxylation is 2. The molecular weight excluding hydrogens is 426 g/mol. The summed E-state index contributed by atoms with van der Waals surface area (Å²) in [7, 11) is -3.93. The third-order valence-corrected chi connectivity index (χ3v) is 8.30. The van der Waals surface area contributed by atoms with Crippen LogP contribution in [0.2, 0.25) is 5.02 Å². The number of nitrogens with one attached hydrogen (secondary N) is 2. The van der Waals surface area contributed by atoms with E-state index in [4.69, 9.17) is 16.1 Å². The van der Waals surface area contributed by atoms with Gasteiger partial charge < -0.3 is 9.84 Å². The Morgan fingerprint density at radius 1 is 1.17 bits per heavy atom. The first-order valence-corrected chi connectivity index (χ1v) is 12.1. The Bertz CT molecular complexity index is 1020. The van der Waals surface area contributed by atoms with Gasteiger partial charge in [0, 0.05) is 11.1 Å². The van der Waals surface area contributed by atoms with E-state index in [1.165, 1.54) is 5.56 Å². The number of carbonyl (C=O) groups excluding carboxylic acids is 1. The number of hydrogen-bond acceptors (Lipinski definition) is 5. The fourth-order valence-electron chi connectivity index (χ4n) is 4.59. The van der Waals surface area contributed by atoms with Gasteiger partial charge in [0.05, 0.1) is 0 Å². The van der Waals surface area contributed by atoms with Gasteiger partial charge in [-0.2, -0.15) is 4.72 Å². The minimum atomic E-state index is -3.93. The molecule has 1 heterocycles. The number of rotatable bonds is 6. The summed E-state index contributed by atoms with van der Waals surface area (Å²) >= 11 is 5.95. The van der Waals surface area contributed by atoms with E-state index in [2.05, 4.69) is 15.2 Å². The SMILES string of the molecule is Cc1noc(C)c1S(=O)(=O)NC1(C(=O)NC2CC(c3ccc(Cl)cc3)C2)CCCC1. The van der Waals surface area contributed by atoms with Crippen molar-refractivity contribution in [2.45, 2.75) is 74.8 Å². The average Bonchev–Trinajstić information content (AvgIpc) is 3.25. The number of hydrogen-bond donors (Lipinski definition) is 2. The van der Waals surface area contributed by atoms with Gasteiger partial charge >= 0.3 is 0 Å². The topological polar surface area (TPSA) is 101 Å². The molecule has 2 aliphatic carbocycles. The summed E-state index contributed by atoms with van der Waals surface area (Å²) in [6.07, 6.45) is 4.23. The standard InChI is InChI=1S/C21H26ClN3O4S/c1-13-19(14(2)29-24-13)30(27,28)25-21(9-3-4-10-21)20(26)23-18-11-16(12-18)15-5-7-17(22)8-6-15/h5-8,16,18,25H,3-4,9-12H2,1-2H3,(H,23,26). The highest BCUT2D eigenvalue weighted by molar-refractivity contribution is 7.89. The lowest BCUT2D eigenvalue weighted by Gasteiger charge is -2.39. The van der Waals surface area contributed by atoms with Gasteiger partial charge in [0.15, 0.2) is 5.76 Å². The van der Waals surface area contributed by atoms with Crippen molar-refractivity contribution >= 4 is 27.5 Å². The van der Waals surface area contributed by atoms with E-state index >= 15 is 0 Å². The summed E-state index contributed by atoms with van der Waals surface area (Å²) < 4.78 is 33.8. The van der Waals surface area contributed by atoms with Crippen molar-refractivity contribution in [1.29, 1.82) is 0 Å². The van der Waals surface area contributed by atoms with E-state index in [0.717, 1.165) is 25.7 Å². The number of carbonyl (C=O) groups is 1. The van der Waals surface area contributed by atoms with Crippen molar-refractivity contribution in [1.82, 2.24) is 15.2 Å². The summed E-state index contributed by atoms with van der Waals surface area (Å²) in [6.45, 7) is 3.14. The number of amides is 1. The van der Waals surface area contributed by atoms with Crippen LogP contribution in [-0.4, -0.2) is 31.1 Å². The van der Waals surface area contributed by atoms with E-state index in [9.17, 15) is 13.2 Å². The molecular formula is C21H26ClN3O4S. The van der Waals surface area contributed by atoms with E-state index in [-0.39, 0.29) is 22.6 Å². The van der Waals surface area contributed by atoms with Crippen LogP contribution in [0.15, 0.2) is 33.7 Å². The molecule has 0 spiro atoms. The zero-order valence-corrected chi connectivity index (χ0v) is 18.6. The minimum absolute atomic E-state index is 0.0213. The Balaban J connectivity index is 1.44. The van der Waals surface area contributed by atoms with Gasteiger partial charge in [0.25, 0.3) is 0 Å². The summed E-state index contributed by atoms with van der Waals surface area (Å²) in [5.74, 6) is 0.360. The van der Waals surface area contributed by atoms with E-state index in [0.29, 0.717) is 29.5 Å². The maximum absolute atomic E-state index is 13.2. The molecule has 1 aromatic carbocycles. The van der Waals surface area contributed by atoms with Crippen LogP contribution < -0.4 is 10.0 Å². The van der Waals surface area contributed by atoms with Crippen LogP contribution in [0.5, 0.6) is 0 Å². The Morgan fingerprint density at radius 2 is 1.80 bits per heavy atom. The lowest BCUT2D eigenvalue weighted by Crippen LogP contribution is -2.60. The van der Waals surface area contributed by atoms with Crippen molar-refractivity contribution < 1.29 is 17.7 Å². The highest BCUT2D eigenvalue weighted by Gasteiger charge is 2.47. The smallest absolute Gasteiger partial charge is 0.246 e. The van der Waals surface area contributed by atoms with Crippen molar-refractivity contribution in [3.05, 3.63) is 46.3 Å². The number of sulfonamides is 1. The number of halogens is 1. The fourth-order valence-corrected chi connectivity index (χ4v) is 6.47.